The van der Waals surface area contributed by atoms with Crippen molar-refractivity contribution in [3.63, 3.8) is 0 Å². The maximum absolute atomic E-state index is 5.90. The smallest absolute Gasteiger partial charge is 0.0254 e. The Morgan fingerprint density at radius 2 is 1.53 bits per heavy atom. The largest absolute Gasteiger partial charge is 0.315 e. The second-order valence-corrected chi connectivity index (χ2v) is 6.77. The molecule has 0 aromatic rings. The van der Waals surface area contributed by atoms with E-state index in [0.29, 0.717) is 5.41 Å². The summed E-state index contributed by atoms with van der Waals surface area (Å²) < 4.78 is 0. The van der Waals surface area contributed by atoms with Crippen LogP contribution in [0.25, 0.3) is 0 Å². The summed E-state index contributed by atoms with van der Waals surface area (Å²) in [6.07, 6.45) is 0. The highest BCUT2D eigenvalue weighted by Gasteiger charge is 2.14. The fourth-order valence-corrected chi connectivity index (χ4v) is 1.37. The quantitative estimate of drug-likeness (QED) is 0.418. The van der Waals surface area contributed by atoms with Gasteiger partial charge in [-0.1, -0.05) is 41.5 Å². The van der Waals surface area contributed by atoms with Gasteiger partial charge in [0.25, 0.3) is 0 Å². The Labute approximate surface area is 95.4 Å². The van der Waals surface area contributed by atoms with Crippen molar-refractivity contribution in [1.82, 2.24) is 10.3 Å². The van der Waals surface area contributed by atoms with Gasteiger partial charge in [-0.2, -0.15) is 0 Å². The summed E-state index contributed by atoms with van der Waals surface area (Å²) in [6, 6.07) is 0. The molecule has 0 spiro atoms. The van der Waals surface area contributed by atoms with Crippen LogP contribution in [0.4, 0.5) is 0 Å². The summed E-state index contributed by atoms with van der Waals surface area (Å²) in [5, 5.41) is 5.32. The van der Waals surface area contributed by atoms with Crippen LogP contribution in [-0.2, 0) is 0 Å². The van der Waals surface area contributed by atoms with Crippen molar-refractivity contribution in [2.75, 3.05) is 26.2 Å². The van der Waals surface area contributed by atoms with Crippen LogP contribution in [0.3, 0.4) is 0 Å². The zero-order valence-corrected chi connectivity index (χ0v) is 11.4. The molecule has 0 aliphatic carbocycles. The number of hydrogen-bond donors (Lipinski definition) is 2. The molecule has 0 saturated carbocycles. The van der Waals surface area contributed by atoms with Crippen molar-refractivity contribution in [2.24, 2.45) is 16.7 Å². The van der Waals surface area contributed by atoms with Gasteiger partial charge in [0.05, 0.1) is 0 Å². The molecule has 0 aromatic carbocycles. The fraction of sp³-hybridized carbons (Fsp3) is 1.00. The average molecular weight is 215 g/mol. The predicted octanol–water partition coefficient (Wildman–Crippen LogP) is 1.84. The lowest BCUT2D eigenvalue weighted by atomic mass is 9.96. The monoisotopic (exact) mass is 215 g/mol. The average Bonchev–Trinajstić information content (AvgIpc) is 1.92. The van der Waals surface area contributed by atoms with Crippen LogP contribution in [0.5, 0.6) is 0 Å². The van der Waals surface area contributed by atoms with E-state index in [0.717, 1.165) is 26.2 Å². The summed E-state index contributed by atoms with van der Waals surface area (Å²) >= 11 is 0. The molecule has 0 heterocycles. The summed E-state index contributed by atoms with van der Waals surface area (Å²) in [5.74, 6) is 5.90. The van der Waals surface area contributed by atoms with Crippen molar-refractivity contribution in [1.29, 1.82) is 0 Å². The van der Waals surface area contributed by atoms with E-state index in [1.54, 1.807) is 0 Å². The third-order valence-corrected chi connectivity index (χ3v) is 1.91. The molecule has 0 atom stereocenters. The lowest BCUT2D eigenvalue weighted by Gasteiger charge is -2.26. The van der Waals surface area contributed by atoms with Gasteiger partial charge in [0.2, 0.25) is 0 Å². The first kappa shape index (κ1) is 14.9. The van der Waals surface area contributed by atoms with E-state index < -0.39 is 0 Å². The first-order valence-electron chi connectivity index (χ1n) is 5.80. The van der Waals surface area contributed by atoms with E-state index in [2.05, 4.69) is 46.9 Å². The first-order valence-corrected chi connectivity index (χ1v) is 5.80. The zero-order chi connectivity index (χ0) is 12.1. The van der Waals surface area contributed by atoms with Gasteiger partial charge in [-0.3, -0.25) is 5.84 Å². The molecule has 3 nitrogen and oxygen atoms in total. The molecule has 3 heteroatoms. The highest BCUT2D eigenvalue weighted by molar-refractivity contribution is 4.68. The summed E-state index contributed by atoms with van der Waals surface area (Å²) in [5.41, 5.74) is 0.627. The van der Waals surface area contributed by atoms with E-state index >= 15 is 0 Å². The van der Waals surface area contributed by atoms with Crippen LogP contribution in [0.2, 0.25) is 0 Å². The summed E-state index contributed by atoms with van der Waals surface area (Å²) in [6.45, 7) is 17.2. The van der Waals surface area contributed by atoms with Gasteiger partial charge in [-0.25, -0.2) is 5.01 Å². The van der Waals surface area contributed by atoms with Crippen LogP contribution >= 0.6 is 0 Å². The lowest BCUT2D eigenvalue weighted by molar-refractivity contribution is 0.193. The minimum atomic E-state index is 0.277. The maximum Gasteiger partial charge on any atom is 0.0254 e. The van der Waals surface area contributed by atoms with E-state index in [-0.39, 0.29) is 5.41 Å². The molecular formula is C12H29N3. The Bertz CT molecular complexity index is 165. The minimum Gasteiger partial charge on any atom is -0.315 e. The molecule has 0 saturated heterocycles. The third kappa shape index (κ3) is 11.8. The van der Waals surface area contributed by atoms with E-state index in [4.69, 9.17) is 5.84 Å². The molecule has 0 rings (SSSR count). The van der Waals surface area contributed by atoms with Crippen LogP contribution in [-0.4, -0.2) is 31.2 Å². The van der Waals surface area contributed by atoms with E-state index in [1.807, 2.05) is 5.01 Å². The zero-order valence-electron chi connectivity index (χ0n) is 11.4. The molecule has 3 N–H and O–H groups in total. The number of hydrazine groups is 1. The van der Waals surface area contributed by atoms with Gasteiger partial charge >= 0.3 is 0 Å². The second-order valence-electron chi connectivity index (χ2n) is 6.77. The lowest BCUT2D eigenvalue weighted by Crippen LogP contribution is -2.43. The van der Waals surface area contributed by atoms with E-state index in [1.165, 1.54) is 0 Å². The van der Waals surface area contributed by atoms with Crippen molar-refractivity contribution < 1.29 is 0 Å². The molecule has 0 bridgehead atoms. The highest BCUT2D eigenvalue weighted by Crippen LogP contribution is 2.13. The van der Waals surface area contributed by atoms with Crippen molar-refractivity contribution in [3.05, 3.63) is 0 Å². The molecule has 0 unspecified atom stereocenters. The Hall–Kier alpha value is -0.120. The Morgan fingerprint density at radius 1 is 1.00 bits per heavy atom. The first-order chi connectivity index (χ1) is 6.60. The molecule has 92 valence electrons. The predicted molar refractivity (Wildman–Crippen MR) is 67.5 cm³/mol. The van der Waals surface area contributed by atoms with Crippen molar-refractivity contribution in [3.8, 4) is 0 Å². The molecule has 0 aromatic heterocycles. The maximum atomic E-state index is 5.90. The molecule has 0 aliphatic rings. The van der Waals surface area contributed by atoms with Crippen molar-refractivity contribution >= 4 is 0 Å². The van der Waals surface area contributed by atoms with Crippen LogP contribution in [0.1, 0.15) is 41.5 Å². The van der Waals surface area contributed by atoms with Crippen LogP contribution < -0.4 is 11.2 Å². The number of nitrogens with two attached hydrogens (primary N) is 1. The standard InChI is InChI=1S/C12H29N3/c1-11(2,3)9-14-7-8-15(13)10-12(4,5)6/h14H,7-10,13H2,1-6H3. The van der Waals surface area contributed by atoms with Gasteiger partial charge < -0.3 is 5.32 Å². The summed E-state index contributed by atoms with van der Waals surface area (Å²) in [7, 11) is 0. The van der Waals surface area contributed by atoms with Crippen molar-refractivity contribution in [2.45, 2.75) is 41.5 Å². The number of rotatable bonds is 5. The third-order valence-electron chi connectivity index (χ3n) is 1.91. The molecular weight excluding hydrogens is 186 g/mol. The molecule has 15 heavy (non-hydrogen) atoms. The molecule has 0 fully saturated rings. The normalized spacial score (nSPS) is 13.6. The van der Waals surface area contributed by atoms with Gasteiger partial charge in [0, 0.05) is 26.2 Å². The minimum absolute atomic E-state index is 0.277. The molecule has 0 aliphatic heterocycles. The fourth-order valence-electron chi connectivity index (χ4n) is 1.37. The Kier molecular flexibility index (Phi) is 5.78. The van der Waals surface area contributed by atoms with Gasteiger partial charge in [0.1, 0.15) is 0 Å². The highest BCUT2D eigenvalue weighted by atomic mass is 15.4. The van der Waals surface area contributed by atoms with Crippen LogP contribution in [0, 0.1) is 10.8 Å². The number of nitrogens with one attached hydrogen (secondary N) is 1. The van der Waals surface area contributed by atoms with Crippen LogP contribution in [0.15, 0.2) is 0 Å². The SMILES string of the molecule is CC(C)(C)CNCCN(N)CC(C)(C)C. The number of hydrogen-bond acceptors (Lipinski definition) is 3. The second kappa shape index (κ2) is 5.83. The summed E-state index contributed by atoms with van der Waals surface area (Å²) in [4.78, 5) is 0. The topological polar surface area (TPSA) is 41.3 Å². The van der Waals surface area contributed by atoms with Gasteiger partial charge in [-0.05, 0) is 10.8 Å². The van der Waals surface area contributed by atoms with Gasteiger partial charge in [-0.15, -0.1) is 0 Å². The molecule has 0 radical (unpaired) electrons. The number of nitrogens with zero attached hydrogens (tertiary/aromatic N) is 1. The molecule has 0 amide bonds. The Morgan fingerprint density at radius 3 is 1.93 bits per heavy atom. The van der Waals surface area contributed by atoms with E-state index in [9.17, 15) is 0 Å². The Balaban J connectivity index is 3.52. The van der Waals surface area contributed by atoms with Gasteiger partial charge in [0.15, 0.2) is 0 Å².